The second-order valence-corrected chi connectivity index (χ2v) is 5.59. The second-order valence-electron chi connectivity index (χ2n) is 5.59. The standard InChI is InChI=1S/C15H22FN3.ClH/c16-14-3-1-13(2-4-14)12-18-7-9-19(10-8-18)15-5-6-17-11-15;/h1-4,15,17H,5-12H2;1H. The molecule has 0 amide bonds. The van der Waals surface area contributed by atoms with Crippen LogP contribution in [0.3, 0.4) is 0 Å². The van der Waals surface area contributed by atoms with Crippen molar-refractivity contribution in [3.8, 4) is 0 Å². The van der Waals surface area contributed by atoms with Gasteiger partial charge in [0.05, 0.1) is 0 Å². The van der Waals surface area contributed by atoms with Crippen molar-refractivity contribution in [1.82, 2.24) is 15.1 Å². The molecule has 3 rings (SSSR count). The summed E-state index contributed by atoms with van der Waals surface area (Å²) in [5.41, 5.74) is 1.21. The number of benzene rings is 1. The van der Waals surface area contributed by atoms with E-state index < -0.39 is 0 Å². The summed E-state index contributed by atoms with van der Waals surface area (Å²) in [5, 5.41) is 3.44. The van der Waals surface area contributed by atoms with Crippen molar-refractivity contribution in [3.05, 3.63) is 35.6 Å². The second kappa shape index (κ2) is 7.36. The van der Waals surface area contributed by atoms with Gasteiger partial charge in [0, 0.05) is 45.3 Å². The van der Waals surface area contributed by atoms with Gasteiger partial charge in [-0.2, -0.15) is 0 Å². The van der Waals surface area contributed by atoms with E-state index in [1.54, 1.807) is 12.1 Å². The van der Waals surface area contributed by atoms with Crippen LogP contribution >= 0.6 is 12.4 Å². The summed E-state index contributed by atoms with van der Waals surface area (Å²) in [6, 6.07) is 7.63. The average Bonchev–Trinajstić information content (AvgIpc) is 2.96. The van der Waals surface area contributed by atoms with Gasteiger partial charge in [0.1, 0.15) is 5.82 Å². The molecule has 1 N–H and O–H groups in total. The molecule has 3 nitrogen and oxygen atoms in total. The topological polar surface area (TPSA) is 18.5 Å². The molecule has 0 aromatic heterocycles. The van der Waals surface area contributed by atoms with Gasteiger partial charge in [-0.1, -0.05) is 12.1 Å². The molecular weight excluding hydrogens is 277 g/mol. The molecule has 1 unspecified atom stereocenters. The van der Waals surface area contributed by atoms with Crippen molar-refractivity contribution in [2.75, 3.05) is 39.3 Å². The quantitative estimate of drug-likeness (QED) is 0.917. The Balaban J connectivity index is 0.00000147. The van der Waals surface area contributed by atoms with E-state index in [-0.39, 0.29) is 18.2 Å². The lowest BCUT2D eigenvalue weighted by molar-refractivity contribution is 0.0981. The van der Waals surface area contributed by atoms with Gasteiger partial charge in [-0.15, -0.1) is 12.4 Å². The number of halogens is 2. The molecule has 20 heavy (non-hydrogen) atoms. The van der Waals surface area contributed by atoms with Crippen molar-refractivity contribution in [2.24, 2.45) is 0 Å². The molecule has 1 aromatic rings. The van der Waals surface area contributed by atoms with Gasteiger partial charge in [0.2, 0.25) is 0 Å². The Labute approximate surface area is 126 Å². The normalized spacial score (nSPS) is 24.6. The van der Waals surface area contributed by atoms with Crippen LogP contribution in [0.5, 0.6) is 0 Å². The van der Waals surface area contributed by atoms with Crippen LogP contribution in [0.25, 0.3) is 0 Å². The Morgan fingerprint density at radius 3 is 2.40 bits per heavy atom. The maximum Gasteiger partial charge on any atom is 0.123 e. The van der Waals surface area contributed by atoms with E-state index in [1.165, 1.54) is 18.5 Å². The highest BCUT2D eigenvalue weighted by Crippen LogP contribution is 2.14. The van der Waals surface area contributed by atoms with E-state index in [2.05, 4.69) is 15.1 Å². The molecule has 2 aliphatic heterocycles. The lowest BCUT2D eigenvalue weighted by Crippen LogP contribution is -2.50. The first-order valence-corrected chi connectivity index (χ1v) is 7.23. The molecule has 0 saturated carbocycles. The van der Waals surface area contributed by atoms with Crippen LogP contribution in [-0.2, 0) is 6.54 Å². The van der Waals surface area contributed by atoms with Crippen LogP contribution in [0.2, 0.25) is 0 Å². The lowest BCUT2D eigenvalue weighted by Gasteiger charge is -2.37. The van der Waals surface area contributed by atoms with Crippen molar-refractivity contribution in [3.63, 3.8) is 0 Å². The number of nitrogens with one attached hydrogen (secondary N) is 1. The summed E-state index contributed by atoms with van der Waals surface area (Å²) in [4.78, 5) is 5.08. The third kappa shape index (κ3) is 3.92. The van der Waals surface area contributed by atoms with Gasteiger partial charge in [0.25, 0.3) is 0 Å². The highest BCUT2D eigenvalue weighted by Gasteiger charge is 2.25. The number of nitrogens with zero attached hydrogens (tertiary/aromatic N) is 2. The Morgan fingerprint density at radius 1 is 1.10 bits per heavy atom. The zero-order chi connectivity index (χ0) is 13.1. The third-order valence-corrected chi connectivity index (χ3v) is 4.28. The Bertz CT molecular complexity index is 398. The predicted molar refractivity (Wildman–Crippen MR) is 81.8 cm³/mol. The molecule has 0 spiro atoms. The third-order valence-electron chi connectivity index (χ3n) is 4.28. The van der Waals surface area contributed by atoms with Gasteiger partial charge in [-0.05, 0) is 30.7 Å². The molecule has 112 valence electrons. The largest absolute Gasteiger partial charge is 0.315 e. The summed E-state index contributed by atoms with van der Waals surface area (Å²) in [6.07, 6.45) is 1.29. The fourth-order valence-electron chi connectivity index (χ4n) is 3.09. The minimum Gasteiger partial charge on any atom is -0.315 e. The number of hydrogen-bond acceptors (Lipinski definition) is 3. The van der Waals surface area contributed by atoms with Crippen LogP contribution in [0.4, 0.5) is 4.39 Å². The maximum absolute atomic E-state index is 12.9. The first kappa shape index (κ1) is 15.7. The minimum atomic E-state index is -0.151. The lowest BCUT2D eigenvalue weighted by atomic mass is 10.1. The van der Waals surface area contributed by atoms with E-state index in [0.29, 0.717) is 0 Å². The Kier molecular flexibility index (Phi) is 5.78. The number of piperazine rings is 1. The van der Waals surface area contributed by atoms with Crippen molar-refractivity contribution in [2.45, 2.75) is 19.0 Å². The maximum atomic E-state index is 12.9. The van der Waals surface area contributed by atoms with E-state index in [4.69, 9.17) is 0 Å². The van der Waals surface area contributed by atoms with Crippen LogP contribution in [-0.4, -0.2) is 55.1 Å². The van der Waals surface area contributed by atoms with Crippen LogP contribution in [0.1, 0.15) is 12.0 Å². The monoisotopic (exact) mass is 299 g/mol. The SMILES string of the molecule is Cl.Fc1ccc(CN2CCN(C3CCNC3)CC2)cc1. The first-order chi connectivity index (χ1) is 9.31. The van der Waals surface area contributed by atoms with Gasteiger partial charge >= 0.3 is 0 Å². The van der Waals surface area contributed by atoms with Gasteiger partial charge in [-0.3, -0.25) is 9.80 Å². The van der Waals surface area contributed by atoms with Gasteiger partial charge < -0.3 is 5.32 Å². The summed E-state index contributed by atoms with van der Waals surface area (Å²) in [6.45, 7) is 7.82. The van der Waals surface area contributed by atoms with Crippen molar-refractivity contribution >= 4 is 12.4 Å². The van der Waals surface area contributed by atoms with Gasteiger partial charge in [-0.25, -0.2) is 4.39 Å². The van der Waals surface area contributed by atoms with E-state index >= 15 is 0 Å². The molecule has 1 atom stereocenters. The molecule has 0 radical (unpaired) electrons. The number of rotatable bonds is 3. The molecule has 2 fully saturated rings. The van der Waals surface area contributed by atoms with Crippen LogP contribution < -0.4 is 5.32 Å². The fraction of sp³-hybridized carbons (Fsp3) is 0.600. The molecule has 2 heterocycles. The van der Waals surface area contributed by atoms with E-state index in [9.17, 15) is 4.39 Å². The number of hydrogen-bond donors (Lipinski definition) is 1. The molecule has 5 heteroatoms. The highest BCUT2D eigenvalue weighted by molar-refractivity contribution is 5.85. The molecular formula is C15H23ClFN3. The zero-order valence-electron chi connectivity index (χ0n) is 11.7. The average molecular weight is 300 g/mol. The van der Waals surface area contributed by atoms with Gasteiger partial charge in [0.15, 0.2) is 0 Å². The predicted octanol–water partition coefficient (Wildman–Crippen LogP) is 1.73. The Hall–Kier alpha value is -0.680. The molecule has 0 aliphatic carbocycles. The molecule has 1 aromatic carbocycles. The minimum absolute atomic E-state index is 0. The van der Waals surface area contributed by atoms with E-state index in [1.807, 2.05) is 12.1 Å². The zero-order valence-corrected chi connectivity index (χ0v) is 12.5. The summed E-state index contributed by atoms with van der Waals surface area (Å²) < 4.78 is 12.9. The fourth-order valence-corrected chi connectivity index (χ4v) is 3.09. The van der Waals surface area contributed by atoms with Crippen LogP contribution in [0.15, 0.2) is 24.3 Å². The highest BCUT2D eigenvalue weighted by atomic mass is 35.5. The molecule has 2 aliphatic rings. The Morgan fingerprint density at radius 2 is 1.80 bits per heavy atom. The van der Waals surface area contributed by atoms with E-state index in [0.717, 1.165) is 45.3 Å². The molecule has 0 bridgehead atoms. The van der Waals surface area contributed by atoms with Crippen molar-refractivity contribution in [1.29, 1.82) is 0 Å². The summed E-state index contributed by atoms with van der Waals surface area (Å²) >= 11 is 0. The summed E-state index contributed by atoms with van der Waals surface area (Å²) in [7, 11) is 0. The summed E-state index contributed by atoms with van der Waals surface area (Å²) in [5.74, 6) is -0.151. The van der Waals surface area contributed by atoms with Crippen molar-refractivity contribution < 1.29 is 4.39 Å². The first-order valence-electron chi connectivity index (χ1n) is 7.23. The molecule has 2 saturated heterocycles. The smallest absolute Gasteiger partial charge is 0.123 e. The van der Waals surface area contributed by atoms with Crippen LogP contribution in [0, 0.1) is 5.82 Å².